The summed E-state index contributed by atoms with van der Waals surface area (Å²) in [5, 5.41) is 9.03. The zero-order valence-electron chi connectivity index (χ0n) is 19.2. The zero-order valence-corrected chi connectivity index (χ0v) is 20.0. The second-order valence-corrected chi connectivity index (χ2v) is 8.30. The number of nitrogens with one attached hydrogen (secondary N) is 1. The fourth-order valence-electron chi connectivity index (χ4n) is 4.20. The Kier molecular flexibility index (Phi) is 5.66. The molecule has 0 fully saturated rings. The van der Waals surface area contributed by atoms with Gasteiger partial charge in [-0.2, -0.15) is 9.78 Å². The van der Waals surface area contributed by atoms with Gasteiger partial charge in [0.2, 0.25) is 0 Å². The van der Waals surface area contributed by atoms with Gasteiger partial charge >= 0.3 is 0 Å². The highest BCUT2D eigenvalue weighted by Crippen LogP contribution is 2.31. The van der Waals surface area contributed by atoms with Crippen LogP contribution in [-0.4, -0.2) is 34.5 Å². The highest BCUT2D eigenvalue weighted by atomic mass is 35.5. The van der Waals surface area contributed by atoms with E-state index in [0.29, 0.717) is 38.8 Å². The molecule has 1 amide bonds. The van der Waals surface area contributed by atoms with Crippen LogP contribution in [0.3, 0.4) is 0 Å². The normalized spacial score (nSPS) is 11.1. The number of aromatic nitrogens is 3. The van der Waals surface area contributed by atoms with Crippen LogP contribution in [0.1, 0.15) is 10.5 Å². The average molecular weight is 489 g/mol. The number of carbonyl (C=O) groups is 1. The molecule has 0 aliphatic rings. The second kappa shape index (κ2) is 8.81. The molecule has 0 atom stereocenters. The Morgan fingerprint density at radius 1 is 1.00 bits per heavy atom. The number of fused-ring (bicyclic) bond motifs is 3. The average Bonchev–Trinajstić information content (AvgIpc) is 3.18. The van der Waals surface area contributed by atoms with Crippen LogP contribution in [-0.2, 0) is 7.05 Å². The molecule has 2 heterocycles. The number of aryl methyl sites for hydroxylation is 1. The molecule has 5 aromatic rings. The number of rotatable bonds is 5. The van der Waals surface area contributed by atoms with E-state index in [1.165, 1.54) is 11.8 Å². The predicted molar refractivity (Wildman–Crippen MR) is 136 cm³/mol. The fraction of sp³-hybridized carbons (Fsp3) is 0.115. The first-order valence-electron chi connectivity index (χ1n) is 10.7. The van der Waals surface area contributed by atoms with Crippen molar-refractivity contribution in [2.75, 3.05) is 19.5 Å². The molecule has 2 aromatic heterocycles. The number of para-hydroxylation sites is 1. The van der Waals surface area contributed by atoms with E-state index in [4.69, 9.17) is 21.1 Å². The summed E-state index contributed by atoms with van der Waals surface area (Å²) in [7, 11) is 4.86. The van der Waals surface area contributed by atoms with Gasteiger partial charge in [0, 0.05) is 28.4 Å². The molecule has 0 saturated heterocycles. The number of ether oxygens (including phenoxy) is 2. The third kappa shape index (κ3) is 3.77. The van der Waals surface area contributed by atoms with Crippen LogP contribution in [0.5, 0.6) is 11.5 Å². The molecular weight excluding hydrogens is 468 g/mol. The van der Waals surface area contributed by atoms with Crippen molar-refractivity contribution < 1.29 is 14.3 Å². The minimum absolute atomic E-state index is 0.0919. The van der Waals surface area contributed by atoms with E-state index in [1.807, 2.05) is 24.3 Å². The Hall–Kier alpha value is -4.30. The van der Waals surface area contributed by atoms with Crippen molar-refractivity contribution >= 4 is 45.0 Å². The van der Waals surface area contributed by atoms with E-state index < -0.39 is 5.91 Å². The number of methoxy groups -OCH3 is 2. The van der Waals surface area contributed by atoms with Crippen LogP contribution >= 0.6 is 11.6 Å². The van der Waals surface area contributed by atoms with Gasteiger partial charge in [-0.05, 0) is 48.5 Å². The molecule has 176 valence electrons. The summed E-state index contributed by atoms with van der Waals surface area (Å²) < 4.78 is 13.6. The van der Waals surface area contributed by atoms with Gasteiger partial charge in [-0.3, -0.25) is 9.59 Å². The molecular formula is C26H21ClN4O4. The predicted octanol–water partition coefficient (Wildman–Crippen LogP) is 4.80. The molecule has 0 radical (unpaired) electrons. The lowest BCUT2D eigenvalue weighted by molar-refractivity contribution is 0.102. The number of halogens is 1. The zero-order chi connectivity index (χ0) is 24.7. The fourth-order valence-corrected chi connectivity index (χ4v) is 4.37. The van der Waals surface area contributed by atoms with Crippen LogP contribution in [0.25, 0.3) is 27.5 Å². The molecule has 0 spiro atoms. The quantitative estimate of drug-likeness (QED) is 0.384. The number of amides is 1. The van der Waals surface area contributed by atoms with Crippen molar-refractivity contribution in [2.24, 2.45) is 7.05 Å². The largest absolute Gasteiger partial charge is 0.497 e. The van der Waals surface area contributed by atoms with Gasteiger partial charge in [0.15, 0.2) is 5.69 Å². The summed E-state index contributed by atoms with van der Waals surface area (Å²) in [4.78, 5) is 27.3. The molecule has 0 aliphatic carbocycles. The number of carbonyl (C=O) groups excluding carboxylic acids is 1. The summed E-state index contributed by atoms with van der Waals surface area (Å²) >= 11 is 6.15. The first kappa shape index (κ1) is 22.5. The summed E-state index contributed by atoms with van der Waals surface area (Å²) in [6.45, 7) is 0. The molecule has 9 heteroatoms. The Labute approximate surface area is 205 Å². The van der Waals surface area contributed by atoms with Crippen molar-refractivity contribution in [3.05, 3.63) is 87.8 Å². The SMILES string of the molecule is COc1ccc(-n2nc(C(=O)Nc3cc(Cl)ccc3OC)c3c4ccccc4n(C)c3c2=O)cc1. The van der Waals surface area contributed by atoms with E-state index in [9.17, 15) is 9.59 Å². The molecule has 8 nitrogen and oxygen atoms in total. The lowest BCUT2D eigenvalue weighted by Crippen LogP contribution is -2.27. The van der Waals surface area contributed by atoms with Crippen molar-refractivity contribution in [2.45, 2.75) is 0 Å². The Balaban J connectivity index is 1.78. The third-order valence-electron chi connectivity index (χ3n) is 5.88. The summed E-state index contributed by atoms with van der Waals surface area (Å²) in [6.07, 6.45) is 0. The van der Waals surface area contributed by atoms with Crippen molar-refractivity contribution in [1.82, 2.24) is 14.3 Å². The second-order valence-electron chi connectivity index (χ2n) is 7.86. The summed E-state index contributed by atoms with van der Waals surface area (Å²) in [5.74, 6) is 0.577. The van der Waals surface area contributed by atoms with E-state index >= 15 is 0 Å². The Morgan fingerprint density at radius 2 is 1.74 bits per heavy atom. The third-order valence-corrected chi connectivity index (χ3v) is 6.12. The van der Waals surface area contributed by atoms with Gasteiger partial charge in [-0.1, -0.05) is 29.8 Å². The van der Waals surface area contributed by atoms with Crippen molar-refractivity contribution in [3.63, 3.8) is 0 Å². The maximum absolute atomic E-state index is 13.6. The Bertz CT molecular complexity index is 1650. The highest BCUT2D eigenvalue weighted by Gasteiger charge is 2.24. The van der Waals surface area contributed by atoms with E-state index in [-0.39, 0.29) is 11.3 Å². The molecule has 5 rings (SSSR count). The number of anilines is 1. The highest BCUT2D eigenvalue weighted by molar-refractivity contribution is 6.31. The number of hydrogen-bond donors (Lipinski definition) is 1. The minimum Gasteiger partial charge on any atom is -0.497 e. The van der Waals surface area contributed by atoms with Crippen molar-refractivity contribution in [1.29, 1.82) is 0 Å². The van der Waals surface area contributed by atoms with Gasteiger partial charge < -0.3 is 19.4 Å². The molecule has 3 aromatic carbocycles. The van der Waals surface area contributed by atoms with E-state index in [2.05, 4.69) is 10.4 Å². The molecule has 0 unspecified atom stereocenters. The molecule has 0 saturated carbocycles. The lowest BCUT2D eigenvalue weighted by Gasteiger charge is -2.13. The van der Waals surface area contributed by atoms with Crippen LogP contribution in [0, 0.1) is 0 Å². The first-order chi connectivity index (χ1) is 16.9. The van der Waals surface area contributed by atoms with Gasteiger partial charge in [0.1, 0.15) is 17.0 Å². The van der Waals surface area contributed by atoms with Gasteiger partial charge in [-0.15, -0.1) is 0 Å². The minimum atomic E-state index is -0.505. The van der Waals surface area contributed by atoms with E-state index in [0.717, 1.165) is 10.9 Å². The summed E-state index contributed by atoms with van der Waals surface area (Å²) in [5.41, 5.74) is 1.80. The Morgan fingerprint density at radius 3 is 2.46 bits per heavy atom. The van der Waals surface area contributed by atoms with Gasteiger partial charge in [0.05, 0.1) is 25.6 Å². The maximum Gasteiger partial charge on any atom is 0.296 e. The first-order valence-corrected chi connectivity index (χ1v) is 11.1. The molecule has 1 N–H and O–H groups in total. The standard InChI is InChI=1S/C26H21ClN4O4/c1-30-20-7-5-4-6-18(20)22-23(25(32)28-19-14-15(27)8-13-21(19)35-3)29-31(26(33)24(22)30)16-9-11-17(34-2)12-10-16/h4-14H,1-3H3,(H,28,32). The topological polar surface area (TPSA) is 87.4 Å². The monoisotopic (exact) mass is 488 g/mol. The lowest BCUT2D eigenvalue weighted by atomic mass is 10.1. The van der Waals surface area contributed by atoms with Crippen LogP contribution < -0.4 is 20.3 Å². The van der Waals surface area contributed by atoms with Crippen LogP contribution in [0.2, 0.25) is 5.02 Å². The van der Waals surface area contributed by atoms with Crippen LogP contribution in [0.15, 0.2) is 71.5 Å². The molecule has 0 aliphatic heterocycles. The number of hydrogen-bond acceptors (Lipinski definition) is 5. The smallest absolute Gasteiger partial charge is 0.296 e. The summed E-state index contributed by atoms with van der Waals surface area (Å²) in [6, 6.07) is 19.3. The number of benzene rings is 3. The molecule has 0 bridgehead atoms. The van der Waals surface area contributed by atoms with Gasteiger partial charge in [0.25, 0.3) is 11.5 Å². The van der Waals surface area contributed by atoms with Gasteiger partial charge in [-0.25, -0.2) is 0 Å². The number of nitrogens with zero attached hydrogens (tertiary/aromatic N) is 3. The van der Waals surface area contributed by atoms with E-state index in [1.54, 1.807) is 61.2 Å². The van der Waals surface area contributed by atoms with Crippen LogP contribution in [0.4, 0.5) is 5.69 Å². The van der Waals surface area contributed by atoms with Crippen molar-refractivity contribution in [3.8, 4) is 17.2 Å². The maximum atomic E-state index is 13.6. The molecule has 35 heavy (non-hydrogen) atoms.